The molecule has 76 valence electrons. The Bertz CT molecular complexity index is 336. The second-order valence-electron chi connectivity index (χ2n) is 2.06. The van der Waals surface area contributed by atoms with Crippen LogP contribution in [0, 0.1) is 0 Å². The first kappa shape index (κ1) is 12.0. The molecule has 3 N–H and O–H groups in total. The Balaban J connectivity index is 0.000000252. The molecule has 0 saturated heterocycles. The summed E-state index contributed by atoms with van der Waals surface area (Å²) in [6.07, 6.45) is 3.46. The SMILES string of the molecule is Cn1ccnc1CO.O=S(=O)(O)O. The van der Waals surface area contributed by atoms with Crippen molar-refractivity contribution in [3.05, 3.63) is 18.2 Å². The molecule has 0 aliphatic carbocycles. The highest BCUT2D eigenvalue weighted by atomic mass is 32.3. The maximum Gasteiger partial charge on any atom is 0.394 e. The van der Waals surface area contributed by atoms with Crippen LogP contribution in [0.4, 0.5) is 0 Å². The van der Waals surface area contributed by atoms with Gasteiger partial charge in [0.15, 0.2) is 0 Å². The average Bonchev–Trinajstić information content (AvgIpc) is 2.31. The molecular formula is C5H10N2O5S. The van der Waals surface area contributed by atoms with Crippen molar-refractivity contribution in [1.29, 1.82) is 0 Å². The lowest BCUT2D eigenvalue weighted by atomic mass is 10.6. The van der Waals surface area contributed by atoms with Crippen LogP contribution in [0.2, 0.25) is 0 Å². The van der Waals surface area contributed by atoms with Crippen LogP contribution in [-0.4, -0.2) is 32.2 Å². The van der Waals surface area contributed by atoms with Gasteiger partial charge in [0.2, 0.25) is 0 Å². The third-order valence-corrected chi connectivity index (χ3v) is 1.06. The Hall–Kier alpha value is -0.960. The largest absolute Gasteiger partial charge is 0.394 e. The van der Waals surface area contributed by atoms with E-state index in [9.17, 15) is 0 Å². The van der Waals surface area contributed by atoms with Crippen molar-refractivity contribution < 1.29 is 22.6 Å². The van der Waals surface area contributed by atoms with Gasteiger partial charge in [0, 0.05) is 19.4 Å². The zero-order valence-corrected chi connectivity index (χ0v) is 7.64. The molecule has 1 aromatic heterocycles. The van der Waals surface area contributed by atoms with Crippen LogP contribution in [0.25, 0.3) is 0 Å². The molecule has 1 heterocycles. The normalized spacial score (nSPS) is 10.5. The van der Waals surface area contributed by atoms with Crippen LogP contribution >= 0.6 is 0 Å². The van der Waals surface area contributed by atoms with E-state index < -0.39 is 10.4 Å². The quantitative estimate of drug-likeness (QED) is 0.526. The molecule has 0 bridgehead atoms. The zero-order valence-electron chi connectivity index (χ0n) is 6.82. The van der Waals surface area contributed by atoms with Gasteiger partial charge in [-0.2, -0.15) is 8.42 Å². The fourth-order valence-corrected chi connectivity index (χ4v) is 0.549. The highest BCUT2D eigenvalue weighted by molar-refractivity contribution is 7.79. The number of aliphatic hydroxyl groups excluding tert-OH is 1. The Labute approximate surface area is 75.2 Å². The van der Waals surface area contributed by atoms with Gasteiger partial charge in [0.1, 0.15) is 12.4 Å². The number of aliphatic hydroxyl groups is 1. The van der Waals surface area contributed by atoms with Crippen molar-refractivity contribution in [3.63, 3.8) is 0 Å². The number of aromatic nitrogens is 2. The molecule has 7 nitrogen and oxygen atoms in total. The molecule has 0 aromatic carbocycles. The molecule has 0 aliphatic heterocycles. The number of nitrogens with zero attached hydrogens (tertiary/aromatic N) is 2. The highest BCUT2D eigenvalue weighted by Gasteiger charge is 1.91. The van der Waals surface area contributed by atoms with E-state index in [1.807, 2.05) is 7.05 Å². The maximum absolute atomic E-state index is 8.74. The van der Waals surface area contributed by atoms with Crippen molar-refractivity contribution >= 4 is 10.4 Å². The van der Waals surface area contributed by atoms with Crippen LogP contribution in [0.15, 0.2) is 12.4 Å². The minimum atomic E-state index is -4.67. The number of hydrogen-bond donors (Lipinski definition) is 3. The summed E-state index contributed by atoms with van der Waals surface area (Å²) in [6, 6.07) is 0. The predicted octanol–water partition coefficient (Wildman–Crippen LogP) is -0.740. The Morgan fingerprint density at radius 1 is 1.54 bits per heavy atom. The second-order valence-corrected chi connectivity index (χ2v) is 2.96. The molecule has 8 heteroatoms. The van der Waals surface area contributed by atoms with E-state index >= 15 is 0 Å². The van der Waals surface area contributed by atoms with E-state index in [0.29, 0.717) is 5.82 Å². The summed E-state index contributed by atoms with van der Waals surface area (Å²) in [5, 5.41) is 8.52. The van der Waals surface area contributed by atoms with Crippen molar-refractivity contribution in [2.45, 2.75) is 6.61 Å². The maximum atomic E-state index is 8.74. The number of imidazole rings is 1. The highest BCUT2D eigenvalue weighted by Crippen LogP contribution is 1.90. The van der Waals surface area contributed by atoms with Gasteiger partial charge in [0.25, 0.3) is 0 Å². The van der Waals surface area contributed by atoms with Crippen LogP contribution in [0.5, 0.6) is 0 Å². The van der Waals surface area contributed by atoms with E-state index in [-0.39, 0.29) is 6.61 Å². The van der Waals surface area contributed by atoms with Crippen LogP contribution in [0.3, 0.4) is 0 Å². The topological polar surface area (TPSA) is 113 Å². The van der Waals surface area contributed by atoms with Crippen molar-refractivity contribution in [3.8, 4) is 0 Å². The number of hydrogen-bond acceptors (Lipinski definition) is 4. The first-order valence-electron chi connectivity index (χ1n) is 3.11. The standard InChI is InChI=1S/C5H8N2O.H2O4S/c1-7-3-2-6-5(7)4-8;1-5(2,3)4/h2-3,8H,4H2,1H3;(H2,1,2,3,4). The molecule has 0 radical (unpaired) electrons. The van der Waals surface area contributed by atoms with Gasteiger partial charge in [-0.25, -0.2) is 4.98 Å². The lowest BCUT2D eigenvalue weighted by molar-refractivity contribution is 0.267. The van der Waals surface area contributed by atoms with Gasteiger partial charge in [-0.15, -0.1) is 0 Å². The van der Waals surface area contributed by atoms with Gasteiger partial charge >= 0.3 is 10.4 Å². The van der Waals surface area contributed by atoms with Crippen LogP contribution in [-0.2, 0) is 24.1 Å². The first-order valence-corrected chi connectivity index (χ1v) is 4.51. The van der Waals surface area contributed by atoms with Gasteiger partial charge in [-0.3, -0.25) is 9.11 Å². The van der Waals surface area contributed by atoms with Gasteiger partial charge < -0.3 is 9.67 Å². The van der Waals surface area contributed by atoms with E-state index in [0.717, 1.165) is 0 Å². The third kappa shape index (κ3) is 7.40. The summed E-state index contributed by atoms with van der Waals surface area (Å²) in [6.45, 7) is 0.0174. The van der Waals surface area contributed by atoms with Gasteiger partial charge in [-0.1, -0.05) is 0 Å². The molecule has 0 spiro atoms. The lowest BCUT2D eigenvalue weighted by Gasteiger charge is -1.92. The fourth-order valence-electron chi connectivity index (χ4n) is 0.549. The fraction of sp³-hybridized carbons (Fsp3) is 0.400. The summed E-state index contributed by atoms with van der Waals surface area (Å²) in [5.74, 6) is 0.699. The molecule has 1 aromatic rings. The van der Waals surface area contributed by atoms with Gasteiger partial charge in [-0.05, 0) is 0 Å². The molecule has 0 saturated carbocycles. The van der Waals surface area contributed by atoms with Crippen molar-refractivity contribution in [2.75, 3.05) is 0 Å². The summed E-state index contributed by atoms with van der Waals surface area (Å²) >= 11 is 0. The average molecular weight is 210 g/mol. The minimum absolute atomic E-state index is 0.0174. The van der Waals surface area contributed by atoms with E-state index in [4.69, 9.17) is 22.6 Å². The Morgan fingerprint density at radius 2 is 2.00 bits per heavy atom. The first-order chi connectivity index (χ1) is 5.84. The molecule has 0 fully saturated rings. The smallest absolute Gasteiger partial charge is 0.388 e. The molecule has 0 atom stereocenters. The van der Waals surface area contributed by atoms with Crippen LogP contribution < -0.4 is 0 Å². The number of rotatable bonds is 1. The minimum Gasteiger partial charge on any atom is -0.388 e. The summed E-state index contributed by atoms with van der Waals surface area (Å²) in [5.41, 5.74) is 0. The summed E-state index contributed by atoms with van der Waals surface area (Å²) < 4.78 is 33.4. The third-order valence-electron chi connectivity index (χ3n) is 1.06. The van der Waals surface area contributed by atoms with E-state index in [1.165, 1.54) is 0 Å². The van der Waals surface area contributed by atoms with Gasteiger partial charge in [0.05, 0.1) is 0 Å². The van der Waals surface area contributed by atoms with Crippen molar-refractivity contribution in [1.82, 2.24) is 9.55 Å². The Kier molecular flexibility index (Phi) is 4.56. The molecule has 1 rings (SSSR count). The Morgan fingerprint density at radius 3 is 2.15 bits per heavy atom. The molecule has 0 amide bonds. The monoisotopic (exact) mass is 210 g/mol. The van der Waals surface area contributed by atoms with Crippen molar-refractivity contribution in [2.24, 2.45) is 7.05 Å². The predicted molar refractivity (Wildman–Crippen MR) is 43.3 cm³/mol. The molecular weight excluding hydrogens is 200 g/mol. The zero-order chi connectivity index (χ0) is 10.5. The lowest BCUT2D eigenvalue weighted by Crippen LogP contribution is -1.94. The second kappa shape index (κ2) is 4.92. The molecule has 0 aliphatic rings. The van der Waals surface area contributed by atoms with Crippen LogP contribution in [0.1, 0.15) is 5.82 Å². The summed E-state index contributed by atoms with van der Waals surface area (Å²) in [4.78, 5) is 3.85. The summed E-state index contributed by atoms with van der Waals surface area (Å²) in [7, 11) is -2.82. The number of aryl methyl sites for hydroxylation is 1. The molecule has 0 unspecified atom stereocenters. The molecule has 13 heavy (non-hydrogen) atoms. The van der Waals surface area contributed by atoms with E-state index in [2.05, 4.69) is 4.98 Å². The van der Waals surface area contributed by atoms with E-state index in [1.54, 1.807) is 17.0 Å².